The van der Waals surface area contributed by atoms with Crippen LogP contribution in [0.5, 0.6) is 0 Å². The molecule has 2 heterocycles. The summed E-state index contributed by atoms with van der Waals surface area (Å²) in [6, 6.07) is 2.29. The van der Waals surface area contributed by atoms with Gasteiger partial charge < -0.3 is 19.6 Å². The molecule has 1 aromatic carbocycles. The fourth-order valence-corrected chi connectivity index (χ4v) is 5.63. The molecule has 3 atom stereocenters. The molecule has 11 nitrogen and oxygen atoms in total. The first-order chi connectivity index (χ1) is 22.1. The van der Waals surface area contributed by atoms with E-state index in [0.29, 0.717) is 10.6 Å². The maximum Gasteiger partial charge on any atom is 0.418 e. The number of oxime groups is 1. The minimum atomic E-state index is -1.90. The molecule has 3 rings (SSSR count). The topological polar surface area (TPSA) is 141 Å². The van der Waals surface area contributed by atoms with Crippen molar-refractivity contribution in [3.05, 3.63) is 28.8 Å². The Morgan fingerprint density at radius 1 is 0.978 bits per heavy atom. The van der Waals surface area contributed by atoms with E-state index in [9.17, 15) is 24.0 Å². The van der Waals surface area contributed by atoms with Crippen LogP contribution in [0.4, 0.5) is 10.5 Å². The molecule has 12 heteroatoms. The van der Waals surface area contributed by atoms with Crippen LogP contribution in [-0.2, 0) is 28.7 Å². The second-order valence-corrected chi connectivity index (χ2v) is 12.5. The van der Waals surface area contributed by atoms with Crippen LogP contribution in [0.25, 0.3) is 0 Å². The molecule has 1 fully saturated rings. The fourth-order valence-electron chi connectivity index (χ4n) is 5.47. The van der Waals surface area contributed by atoms with Crippen molar-refractivity contribution in [1.29, 1.82) is 0 Å². The fraction of sp³-hybridized carbons (Fsp3) is 0.647. The Bertz CT molecular complexity index is 1250. The first-order valence-corrected chi connectivity index (χ1v) is 17.1. The zero-order valence-electron chi connectivity index (χ0n) is 27.3. The summed E-state index contributed by atoms with van der Waals surface area (Å²) in [5, 5.41) is 6.29. The number of benzene rings is 1. The lowest BCUT2D eigenvalue weighted by Gasteiger charge is -2.24. The average Bonchev–Trinajstić information content (AvgIpc) is 3.57. The van der Waals surface area contributed by atoms with Crippen LogP contribution < -0.4 is 5.32 Å². The van der Waals surface area contributed by atoms with Crippen LogP contribution in [0.3, 0.4) is 0 Å². The smallest absolute Gasteiger partial charge is 0.418 e. The first kappa shape index (κ1) is 37.0. The van der Waals surface area contributed by atoms with Crippen LogP contribution >= 0.6 is 11.6 Å². The highest BCUT2D eigenvalue weighted by molar-refractivity contribution is 6.34. The van der Waals surface area contributed by atoms with E-state index >= 15 is 0 Å². The summed E-state index contributed by atoms with van der Waals surface area (Å²) in [6.45, 7) is 5.48. The monoisotopic (exact) mass is 661 g/mol. The summed E-state index contributed by atoms with van der Waals surface area (Å²) < 4.78 is 10.4. The number of carbonyl (C=O) groups is 5. The zero-order valence-corrected chi connectivity index (χ0v) is 28.1. The van der Waals surface area contributed by atoms with Crippen molar-refractivity contribution in [1.82, 2.24) is 4.90 Å². The Balaban J connectivity index is 1.45. The van der Waals surface area contributed by atoms with Gasteiger partial charge in [0.05, 0.1) is 28.6 Å². The van der Waals surface area contributed by atoms with Crippen LogP contribution in [0.2, 0.25) is 5.02 Å². The van der Waals surface area contributed by atoms with Crippen molar-refractivity contribution >= 4 is 52.7 Å². The molecule has 2 aliphatic rings. The van der Waals surface area contributed by atoms with E-state index in [1.807, 2.05) is 0 Å². The third-order valence-corrected chi connectivity index (χ3v) is 8.49. The number of cyclic esters (lactones) is 1. The Labute approximate surface area is 276 Å². The highest BCUT2D eigenvalue weighted by atomic mass is 35.5. The van der Waals surface area contributed by atoms with Gasteiger partial charge >= 0.3 is 12.1 Å². The number of hydrogen-bond donors (Lipinski definition) is 1. The third kappa shape index (κ3) is 11.1. The molecule has 3 amide bonds. The van der Waals surface area contributed by atoms with Gasteiger partial charge in [0, 0.05) is 6.42 Å². The van der Waals surface area contributed by atoms with E-state index in [1.54, 1.807) is 6.92 Å². The number of carbonyl (C=O) groups excluding carboxylic acids is 5. The molecule has 0 saturated carbocycles. The van der Waals surface area contributed by atoms with E-state index in [-0.39, 0.29) is 29.3 Å². The van der Waals surface area contributed by atoms with Crippen LogP contribution in [0.1, 0.15) is 127 Å². The van der Waals surface area contributed by atoms with Crippen molar-refractivity contribution in [2.75, 3.05) is 11.9 Å². The summed E-state index contributed by atoms with van der Waals surface area (Å²) in [7, 11) is 0. The number of amides is 3. The number of unbranched alkanes of at least 4 members (excludes halogenated alkanes) is 13. The van der Waals surface area contributed by atoms with Gasteiger partial charge in [0.15, 0.2) is 18.2 Å². The number of hydrogen-bond acceptors (Lipinski definition) is 9. The summed E-state index contributed by atoms with van der Waals surface area (Å²) in [5.41, 5.74) is 0.661. The number of halogens is 1. The molecule has 1 saturated heterocycles. The Morgan fingerprint density at radius 3 is 2.09 bits per heavy atom. The van der Waals surface area contributed by atoms with E-state index < -0.39 is 47.9 Å². The number of ketones is 1. The maximum atomic E-state index is 13.4. The Morgan fingerprint density at radius 2 is 1.57 bits per heavy atom. The molecule has 1 N–H and O–H groups in total. The van der Waals surface area contributed by atoms with Crippen molar-refractivity contribution < 1.29 is 38.3 Å². The van der Waals surface area contributed by atoms with Gasteiger partial charge in [-0.1, -0.05) is 107 Å². The van der Waals surface area contributed by atoms with Gasteiger partial charge in [0.2, 0.25) is 5.78 Å². The van der Waals surface area contributed by atoms with Crippen molar-refractivity contribution in [2.45, 2.75) is 135 Å². The minimum Gasteiger partial charge on any atom is -0.462 e. The van der Waals surface area contributed by atoms with E-state index in [2.05, 4.69) is 17.4 Å². The van der Waals surface area contributed by atoms with Crippen molar-refractivity contribution in [3.8, 4) is 0 Å². The number of ether oxygens (including phenoxy) is 2. The average molecular weight is 662 g/mol. The summed E-state index contributed by atoms with van der Waals surface area (Å²) in [5.74, 6) is -3.31. The van der Waals surface area contributed by atoms with Gasteiger partial charge in [-0.25, -0.2) is 14.5 Å². The third-order valence-electron chi connectivity index (χ3n) is 8.16. The quantitative estimate of drug-likeness (QED) is 0.0817. The molecule has 254 valence electrons. The van der Waals surface area contributed by atoms with Gasteiger partial charge in [-0.2, -0.15) is 0 Å². The summed E-state index contributed by atoms with van der Waals surface area (Å²) >= 11 is 6.29. The molecule has 3 unspecified atom stereocenters. The molecule has 0 aliphatic carbocycles. The normalized spacial score (nSPS) is 18.2. The molecular formula is C34H48ClN3O8. The van der Waals surface area contributed by atoms with Crippen LogP contribution in [-0.4, -0.2) is 65.1 Å². The van der Waals surface area contributed by atoms with Gasteiger partial charge in [-0.3, -0.25) is 14.4 Å². The number of rotatable bonds is 21. The van der Waals surface area contributed by atoms with E-state index in [0.717, 1.165) is 19.3 Å². The number of nitrogens with one attached hydrogen (secondary N) is 1. The number of Topliss-reactive ketones (excluding diaryl/α,β-unsaturated/α-hetero) is 1. The Kier molecular flexibility index (Phi) is 15.5. The van der Waals surface area contributed by atoms with Crippen LogP contribution in [0, 0.1) is 0 Å². The lowest BCUT2D eigenvalue weighted by molar-refractivity contribution is -0.145. The molecular weight excluding hydrogens is 614 g/mol. The number of anilines is 1. The van der Waals surface area contributed by atoms with Gasteiger partial charge in [-0.05, 0) is 38.5 Å². The second-order valence-electron chi connectivity index (χ2n) is 12.1. The summed E-state index contributed by atoms with van der Waals surface area (Å²) in [4.78, 5) is 70.2. The molecule has 0 bridgehead atoms. The van der Waals surface area contributed by atoms with Gasteiger partial charge in [0.25, 0.3) is 11.8 Å². The molecule has 0 aromatic heterocycles. The highest BCUT2D eigenvalue weighted by Crippen LogP contribution is 2.27. The second kappa shape index (κ2) is 19.3. The number of imide groups is 1. The first-order valence-electron chi connectivity index (χ1n) is 16.7. The molecule has 2 aliphatic heterocycles. The van der Waals surface area contributed by atoms with Gasteiger partial charge in [0.1, 0.15) is 0 Å². The zero-order chi connectivity index (χ0) is 33.5. The predicted molar refractivity (Wildman–Crippen MR) is 175 cm³/mol. The molecule has 0 radical (unpaired) electrons. The van der Waals surface area contributed by atoms with Crippen molar-refractivity contribution in [3.63, 3.8) is 0 Å². The summed E-state index contributed by atoms with van der Waals surface area (Å²) in [6.07, 6.45) is 13.8. The minimum absolute atomic E-state index is 0.00300. The number of nitrogens with zero attached hydrogens (tertiary/aromatic N) is 2. The largest absolute Gasteiger partial charge is 0.462 e. The lowest BCUT2D eigenvalue weighted by Crippen LogP contribution is -2.55. The number of esters is 1. The SMILES string of the molecule is CCCCCCCCCCCCCCCCOC(=O)c1ccc(Cl)c(NC(=O)C(C(=O)C2CC(C)=NO2)N2C(=O)OC(C)C2=O)c1. The van der Waals surface area contributed by atoms with Crippen LogP contribution in [0.15, 0.2) is 23.4 Å². The standard InChI is InChI=1S/C34H48ClN3O8/c1-4-5-6-7-8-9-10-11-12-13-14-15-16-17-20-44-33(42)25-18-19-26(35)27(22-25)36-31(40)29(30(39)28-21-23(2)37-46-28)38-32(41)24(3)45-34(38)43/h18-19,22,24,28-29H,4-17,20-21H2,1-3H3,(H,36,40). The van der Waals surface area contributed by atoms with E-state index in [1.165, 1.54) is 95.8 Å². The highest BCUT2D eigenvalue weighted by Gasteiger charge is 2.50. The van der Waals surface area contributed by atoms with Gasteiger partial charge in [-0.15, -0.1) is 0 Å². The molecule has 0 spiro atoms. The van der Waals surface area contributed by atoms with Crippen molar-refractivity contribution in [2.24, 2.45) is 5.16 Å². The lowest BCUT2D eigenvalue weighted by atomic mass is 10.0. The Hall–Kier alpha value is -3.47. The molecule has 46 heavy (non-hydrogen) atoms. The maximum absolute atomic E-state index is 13.4. The predicted octanol–water partition coefficient (Wildman–Crippen LogP) is 7.39. The van der Waals surface area contributed by atoms with E-state index in [4.69, 9.17) is 25.9 Å². The molecule has 1 aromatic rings.